The van der Waals surface area contributed by atoms with Crippen molar-refractivity contribution in [2.24, 2.45) is 5.73 Å². The minimum absolute atomic E-state index is 0.00472. The Labute approximate surface area is 76.1 Å². The molecule has 0 amide bonds. The van der Waals surface area contributed by atoms with Crippen LogP contribution in [0.1, 0.15) is 17.2 Å². The largest absolute Gasteiger partial charge is 0.321 e. The van der Waals surface area contributed by atoms with Gasteiger partial charge in [0.25, 0.3) is 0 Å². The van der Waals surface area contributed by atoms with Crippen LogP contribution in [0.5, 0.6) is 0 Å². The number of halogens is 1. The van der Waals surface area contributed by atoms with E-state index in [0.29, 0.717) is 5.56 Å². The highest BCUT2D eigenvalue weighted by Gasteiger charge is 2.11. The molecule has 2 N–H and O–H groups in total. The van der Waals surface area contributed by atoms with Crippen LogP contribution in [0.2, 0.25) is 0 Å². The second-order valence-electron chi connectivity index (χ2n) is 2.58. The predicted molar refractivity (Wildman–Crippen MR) is 48.2 cm³/mol. The summed E-state index contributed by atoms with van der Waals surface area (Å²) in [7, 11) is 0. The third kappa shape index (κ3) is 1.74. The van der Waals surface area contributed by atoms with E-state index < -0.39 is 11.9 Å². The Hall–Kier alpha value is -1.66. The lowest BCUT2D eigenvalue weighted by molar-refractivity contribution is 0.619. The van der Waals surface area contributed by atoms with Crippen molar-refractivity contribution in [3.05, 3.63) is 47.8 Å². The van der Waals surface area contributed by atoms with Crippen LogP contribution < -0.4 is 5.73 Å². The van der Waals surface area contributed by atoms with Crippen LogP contribution in [0.3, 0.4) is 0 Å². The van der Waals surface area contributed by atoms with Crippen molar-refractivity contribution in [1.82, 2.24) is 0 Å². The fourth-order valence-corrected chi connectivity index (χ4v) is 1.06. The summed E-state index contributed by atoms with van der Waals surface area (Å²) in [5, 5.41) is 8.66. The molecule has 0 aliphatic heterocycles. The normalized spacial score (nSPS) is 11.8. The molecule has 1 aromatic rings. The monoisotopic (exact) mass is 176 g/mol. The summed E-state index contributed by atoms with van der Waals surface area (Å²) in [6.07, 6.45) is 1.47. The SMILES string of the molecule is C=C[C@@H](N)c1cccc(F)c1C#N. The maximum Gasteiger partial charge on any atom is 0.141 e. The summed E-state index contributed by atoms with van der Waals surface area (Å²) in [5.74, 6) is -0.544. The van der Waals surface area contributed by atoms with E-state index in [0.717, 1.165) is 0 Å². The predicted octanol–water partition coefficient (Wildman–Crippen LogP) is 1.88. The second kappa shape index (κ2) is 3.83. The molecule has 3 heteroatoms. The summed E-state index contributed by atoms with van der Waals surface area (Å²) in [6.45, 7) is 3.49. The van der Waals surface area contributed by atoms with Crippen molar-refractivity contribution in [1.29, 1.82) is 5.26 Å². The Kier molecular flexibility index (Phi) is 2.78. The Morgan fingerprint density at radius 2 is 2.31 bits per heavy atom. The highest BCUT2D eigenvalue weighted by molar-refractivity contribution is 5.41. The number of nitrogens with two attached hydrogens (primary N) is 1. The summed E-state index contributed by atoms with van der Waals surface area (Å²) >= 11 is 0. The van der Waals surface area contributed by atoms with Gasteiger partial charge in [0.1, 0.15) is 11.9 Å². The second-order valence-corrected chi connectivity index (χ2v) is 2.58. The van der Waals surface area contributed by atoms with E-state index in [1.165, 1.54) is 18.2 Å². The zero-order chi connectivity index (χ0) is 9.84. The van der Waals surface area contributed by atoms with Gasteiger partial charge >= 0.3 is 0 Å². The molecule has 13 heavy (non-hydrogen) atoms. The Balaban J connectivity index is 3.29. The highest BCUT2D eigenvalue weighted by atomic mass is 19.1. The van der Waals surface area contributed by atoms with E-state index in [9.17, 15) is 4.39 Å². The van der Waals surface area contributed by atoms with Crippen molar-refractivity contribution in [2.75, 3.05) is 0 Å². The van der Waals surface area contributed by atoms with Crippen LogP contribution >= 0.6 is 0 Å². The Morgan fingerprint density at radius 3 is 2.85 bits per heavy atom. The van der Waals surface area contributed by atoms with Crippen molar-refractivity contribution < 1.29 is 4.39 Å². The quantitative estimate of drug-likeness (QED) is 0.699. The number of nitrogens with zero attached hydrogens (tertiary/aromatic N) is 1. The van der Waals surface area contributed by atoms with Gasteiger partial charge in [-0.3, -0.25) is 0 Å². The Morgan fingerprint density at radius 1 is 1.62 bits per heavy atom. The minimum Gasteiger partial charge on any atom is -0.321 e. The average Bonchev–Trinajstić information content (AvgIpc) is 2.16. The molecule has 0 radical (unpaired) electrons. The van der Waals surface area contributed by atoms with Crippen molar-refractivity contribution >= 4 is 0 Å². The van der Waals surface area contributed by atoms with Crippen LogP contribution in [0.15, 0.2) is 30.9 Å². The molecule has 1 atom stereocenters. The van der Waals surface area contributed by atoms with Gasteiger partial charge in [-0.25, -0.2) is 4.39 Å². The number of nitriles is 1. The lowest BCUT2D eigenvalue weighted by Gasteiger charge is -2.08. The molecule has 66 valence electrons. The topological polar surface area (TPSA) is 49.8 Å². The van der Waals surface area contributed by atoms with Gasteiger partial charge in [-0.1, -0.05) is 18.2 Å². The summed E-state index contributed by atoms with van der Waals surface area (Å²) in [6, 6.07) is 5.66. The molecular formula is C10H9FN2. The van der Waals surface area contributed by atoms with Crippen LogP contribution in [-0.4, -0.2) is 0 Å². The van der Waals surface area contributed by atoms with Gasteiger partial charge in [0.2, 0.25) is 0 Å². The van der Waals surface area contributed by atoms with Gasteiger partial charge < -0.3 is 5.73 Å². The van der Waals surface area contributed by atoms with Crippen molar-refractivity contribution in [2.45, 2.75) is 6.04 Å². The Bertz CT molecular complexity index is 366. The molecule has 0 saturated carbocycles. The number of hydrogen-bond acceptors (Lipinski definition) is 2. The zero-order valence-corrected chi connectivity index (χ0v) is 7.00. The summed E-state index contributed by atoms with van der Waals surface area (Å²) in [5.41, 5.74) is 6.07. The molecule has 2 nitrogen and oxygen atoms in total. The molecule has 0 unspecified atom stereocenters. The van der Waals surface area contributed by atoms with Gasteiger partial charge in [-0.05, 0) is 11.6 Å². The lowest BCUT2D eigenvalue weighted by Crippen LogP contribution is -2.09. The number of hydrogen-bond donors (Lipinski definition) is 1. The van der Waals surface area contributed by atoms with Crippen LogP contribution in [0.25, 0.3) is 0 Å². The minimum atomic E-state index is -0.544. The third-order valence-corrected chi connectivity index (χ3v) is 1.77. The van der Waals surface area contributed by atoms with E-state index in [1.54, 1.807) is 12.1 Å². The molecule has 0 aliphatic rings. The molecule has 1 aromatic carbocycles. The van der Waals surface area contributed by atoms with Crippen molar-refractivity contribution in [3.63, 3.8) is 0 Å². The van der Waals surface area contributed by atoms with Crippen LogP contribution in [-0.2, 0) is 0 Å². The lowest BCUT2D eigenvalue weighted by atomic mass is 10.0. The smallest absolute Gasteiger partial charge is 0.141 e. The average molecular weight is 176 g/mol. The molecule has 0 fully saturated rings. The highest BCUT2D eigenvalue weighted by Crippen LogP contribution is 2.18. The maximum atomic E-state index is 13.0. The molecule has 0 spiro atoms. The van der Waals surface area contributed by atoms with Crippen molar-refractivity contribution in [3.8, 4) is 6.07 Å². The van der Waals surface area contributed by atoms with E-state index in [1.807, 2.05) is 0 Å². The van der Waals surface area contributed by atoms with Gasteiger partial charge in [0, 0.05) is 6.04 Å². The maximum absolute atomic E-state index is 13.0. The standard InChI is InChI=1S/C10H9FN2/c1-2-10(13)7-4-3-5-9(11)8(7)6-12/h2-5,10H,1,13H2/t10-/m1/s1. The van der Waals surface area contributed by atoms with E-state index >= 15 is 0 Å². The molecule has 1 rings (SSSR count). The molecule has 0 aliphatic carbocycles. The fraction of sp³-hybridized carbons (Fsp3) is 0.100. The van der Waals surface area contributed by atoms with Gasteiger partial charge in [-0.15, -0.1) is 6.58 Å². The molecule has 0 saturated heterocycles. The first kappa shape index (κ1) is 9.43. The first-order valence-electron chi connectivity index (χ1n) is 3.77. The zero-order valence-electron chi connectivity index (χ0n) is 7.00. The third-order valence-electron chi connectivity index (χ3n) is 1.77. The van der Waals surface area contributed by atoms with Gasteiger partial charge in [0.15, 0.2) is 0 Å². The van der Waals surface area contributed by atoms with E-state index in [4.69, 9.17) is 11.0 Å². The van der Waals surface area contributed by atoms with Gasteiger partial charge in [-0.2, -0.15) is 5.26 Å². The molecule has 0 bridgehead atoms. The number of rotatable bonds is 2. The molecule has 0 aromatic heterocycles. The first-order chi connectivity index (χ1) is 6.20. The van der Waals surface area contributed by atoms with Gasteiger partial charge in [0.05, 0.1) is 5.56 Å². The molecule has 0 heterocycles. The van der Waals surface area contributed by atoms with E-state index in [-0.39, 0.29) is 5.56 Å². The number of benzene rings is 1. The van der Waals surface area contributed by atoms with E-state index in [2.05, 4.69) is 6.58 Å². The summed E-state index contributed by atoms with van der Waals surface area (Å²) < 4.78 is 13.0. The summed E-state index contributed by atoms with van der Waals surface area (Å²) in [4.78, 5) is 0. The molecular weight excluding hydrogens is 167 g/mol. The van der Waals surface area contributed by atoms with Crippen LogP contribution in [0, 0.1) is 17.1 Å². The first-order valence-corrected chi connectivity index (χ1v) is 3.77. The fourth-order valence-electron chi connectivity index (χ4n) is 1.06. The van der Waals surface area contributed by atoms with Crippen LogP contribution in [0.4, 0.5) is 4.39 Å².